The Morgan fingerprint density at radius 3 is 2.55 bits per heavy atom. The van der Waals surface area contributed by atoms with Crippen molar-refractivity contribution < 1.29 is 14.3 Å². The quantitative estimate of drug-likeness (QED) is 0.219. The van der Waals surface area contributed by atoms with Gasteiger partial charge in [-0.25, -0.2) is 0 Å². The first kappa shape index (κ1) is 24.8. The Hall–Kier alpha value is -2.79. The van der Waals surface area contributed by atoms with E-state index in [4.69, 9.17) is 21.1 Å². The van der Waals surface area contributed by atoms with Crippen LogP contribution >= 0.6 is 43.5 Å². The second-order valence-electron chi connectivity index (χ2n) is 6.81. The summed E-state index contributed by atoms with van der Waals surface area (Å²) in [6.07, 6.45) is 1.50. The van der Waals surface area contributed by atoms with E-state index in [-0.39, 0.29) is 5.57 Å². The van der Waals surface area contributed by atoms with Gasteiger partial charge >= 0.3 is 0 Å². The minimum Gasteiger partial charge on any atom is -0.490 e. The van der Waals surface area contributed by atoms with Crippen molar-refractivity contribution in [3.05, 3.63) is 91.3 Å². The van der Waals surface area contributed by atoms with E-state index in [9.17, 15) is 10.1 Å². The second-order valence-corrected chi connectivity index (χ2v) is 9.02. The third kappa shape index (κ3) is 7.10. The predicted octanol–water partition coefficient (Wildman–Crippen LogP) is 7.39. The third-order valence-corrected chi connectivity index (χ3v) is 5.73. The lowest BCUT2D eigenvalue weighted by atomic mass is 10.1. The van der Waals surface area contributed by atoms with Crippen LogP contribution in [0.25, 0.3) is 6.08 Å². The Morgan fingerprint density at radius 1 is 1.12 bits per heavy atom. The van der Waals surface area contributed by atoms with Crippen molar-refractivity contribution in [2.24, 2.45) is 0 Å². The Morgan fingerprint density at radius 2 is 1.88 bits per heavy atom. The molecule has 0 radical (unpaired) electrons. The van der Waals surface area contributed by atoms with Crippen LogP contribution in [-0.2, 0) is 11.4 Å². The molecule has 3 aromatic carbocycles. The number of ether oxygens (including phenoxy) is 2. The number of amides is 1. The smallest absolute Gasteiger partial charge is 0.266 e. The first-order valence-electron chi connectivity index (χ1n) is 9.92. The van der Waals surface area contributed by atoms with Gasteiger partial charge in [-0.05, 0) is 88.6 Å². The maximum absolute atomic E-state index is 12.6. The minimum absolute atomic E-state index is 0.0418. The van der Waals surface area contributed by atoms with E-state index in [0.29, 0.717) is 45.5 Å². The molecule has 1 amide bonds. The monoisotopic (exact) mass is 588 g/mol. The molecule has 0 aliphatic rings. The number of halogens is 3. The van der Waals surface area contributed by atoms with Crippen LogP contribution in [0.5, 0.6) is 11.5 Å². The minimum atomic E-state index is -0.504. The van der Waals surface area contributed by atoms with E-state index in [2.05, 4.69) is 37.2 Å². The van der Waals surface area contributed by atoms with Crippen molar-refractivity contribution >= 4 is 61.1 Å². The molecule has 1 N–H and O–H groups in total. The number of benzene rings is 3. The van der Waals surface area contributed by atoms with Gasteiger partial charge in [0.15, 0.2) is 11.5 Å². The average Bonchev–Trinajstić information content (AvgIpc) is 2.78. The normalized spacial score (nSPS) is 10.9. The summed E-state index contributed by atoms with van der Waals surface area (Å²) in [6, 6.07) is 19.9. The fourth-order valence-corrected chi connectivity index (χ4v) is 3.95. The number of nitriles is 1. The van der Waals surface area contributed by atoms with Crippen LogP contribution in [0.1, 0.15) is 18.1 Å². The number of carbonyl (C=O) groups excluding carboxylic acids is 1. The van der Waals surface area contributed by atoms with Gasteiger partial charge in [0.1, 0.15) is 18.2 Å². The molecule has 0 saturated carbocycles. The number of rotatable bonds is 8. The van der Waals surface area contributed by atoms with Crippen molar-refractivity contribution in [3.63, 3.8) is 0 Å². The van der Waals surface area contributed by atoms with Gasteiger partial charge in [0.25, 0.3) is 5.91 Å². The number of anilines is 1. The van der Waals surface area contributed by atoms with Gasteiger partial charge in [-0.2, -0.15) is 5.26 Å². The Kier molecular flexibility index (Phi) is 8.95. The Balaban J connectivity index is 1.84. The topological polar surface area (TPSA) is 71.3 Å². The molecule has 8 heteroatoms. The number of hydrogen-bond donors (Lipinski definition) is 1. The van der Waals surface area contributed by atoms with Crippen LogP contribution in [-0.4, -0.2) is 12.5 Å². The van der Waals surface area contributed by atoms with Gasteiger partial charge in [-0.15, -0.1) is 0 Å². The SMILES string of the molecule is CCOc1cc(/C=C(\C#N)C(=O)Nc2ccc(Br)cc2)cc(Br)c1OCc1cccc(Cl)c1. The number of carbonyl (C=O) groups is 1. The lowest BCUT2D eigenvalue weighted by Crippen LogP contribution is -2.13. The van der Waals surface area contributed by atoms with E-state index in [1.807, 2.05) is 31.2 Å². The molecule has 0 spiro atoms. The first-order valence-corrected chi connectivity index (χ1v) is 11.9. The van der Waals surface area contributed by atoms with Crippen LogP contribution in [0.15, 0.2) is 75.2 Å². The first-order chi connectivity index (χ1) is 15.9. The molecule has 0 atom stereocenters. The van der Waals surface area contributed by atoms with Crippen LogP contribution in [0.2, 0.25) is 5.02 Å². The zero-order valence-corrected chi connectivity index (χ0v) is 21.5. The highest BCUT2D eigenvalue weighted by Gasteiger charge is 2.15. The summed E-state index contributed by atoms with van der Waals surface area (Å²) in [4.78, 5) is 12.6. The van der Waals surface area contributed by atoms with E-state index in [0.717, 1.165) is 10.0 Å². The van der Waals surface area contributed by atoms with Crippen molar-refractivity contribution in [2.45, 2.75) is 13.5 Å². The van der Waals surface area contributed by atoms with E-state index in [1.165, 1.54) is 6.08 Å². The van der Waals surface area contributed by atoms with Crippen molar-refractivity contribution in [3.8, 4) is 17.6 Å². The largest absolute Gasteiger partial charge is 0.490 e. The molecule has 0 bridgehead atoms. The van der Waals surface area contributed by atoms with Crippen molar-refractivity contribution in [2.75, 3.05) is 11.9 Å². The summed E-state index contributed by atoms with van der Waals surface area (Å²) in [6.45, 7) is 2.58. The fraction of sp³-hybridized carbons (Fsp3) is 0.120. The third-order valence-electron chi connectivity index (χ3n) is 4.38. The molecule has 168 valence electrons. The highest BCUT2D eigenvalue weighted by molar-refractivity contribution is 9.10. The summed E-state index contributed by atoms with van der Waals surface area (Å²) in [5, 5.41) is 12.9. The second kappa shape index (κ2) is 11.9. The summed E-state index contributed by atoms with van der Waals surface area (Å²) in [5.74, 6) is 0.507. The molecular weight excluding hydrogens is 572 g/mol. The zero-order valence-electron chi connectivity index (χ0n) is 17.6. The van der Waals surface area contributed by atoms with E-state index >= 15 is 0 Å². The molecule has 0 aliphatic carbocycles. The Labute approximate surface area is 214 Å². The molecule has 33 heavy (non-hydrogen) atoms. The highest BCUT2D eigenvalue weighted by Crippen LogP contribution is 2.38. The average molecular weight is 591 g/mol. The van der Waals surface area contributed by atoms with Crippen LogP contribution < -0.4 is 14.8 Å². The van der Waals surface area contributed by atoms with Crippen molar-refractivity contribution in [1.29, 1.82) is 5.26 Å². The predicted molar refractivity (Wildman–Crippen MR) is 137 cm³/mol. The summed E-state index contributed by atoms with van der Waals surface area (Å²) in [7, 11) is 0. The molecule has 3 aromatic rings. The highest BCUT2D eigenvalue weighted by atomic mass is 79.9. The van der Waals surface area contributed by atoms with Crippen molar-refractivity contribution in [1.82, 2.24) is 0 Å². The maximum Gasteiger partial charge on any atom is 0.266 e. The summed E-state index contributed by atoms with van der Waals surface area (Å²) < 4.78 is 13.3. The lowest BCUT2D eigenvalue weighted by Gasteiger charge is -2.15. The number of hydrogen-bond acceptors (Lipinski definition) is 4. The molecule has 3 rings (SSSR count). The maximum atomic E-state index is 12.6. The van der Waals surface area contributed by atoms with Gasteiger partial charge in [-0.1, -0.05) is 39.7 Å². The molecule has 0 heterocycles. The van der Waals surface area contributed by atoms with Gasteiger partial charge in [-0.3, -0.25) is 4.79 Å². The van der Waals surface area contributed by atoms with Crippen LogP contribution in [0, 0.1) is 11.3 Å². The van der Waals surface area contributed by atoms with Gasteiger partial charge in [0.2, 0.25) is 0 Å². The van der Waals surface area contributed by atoms with Gasteiger partial charge in [0, 0.05) is 15.2 Å². The van der Waals surface area contributed by atoms with Crippen LogP contribution in [0.4, 0.5) is 5.69 Å². The fourth-order valence-electron chi connectivity index (χ4n) is 2.90. The van der Waals surface area contributed by atoms with Crippen LogP contribution in [0.3, 0.4) is 0 Å². The standard InChI is InChI=1S/C25H19Br2ClN2O3/c1-2-32-23-13-17(10-18(14-29)25(31)30-21-8-6-19(26)7-9-21)12-22(27)24(23)33-15-16-4-3-5-20(28)11-16/h3-13H,2,15H2,1H3,(H,30,31)/b18-10+. The summed E-state index contributed by atoms with van der Waals surface area (Å²) in [5.41, 5.74) is 2.07. The van der Waals surface area contributed by atoms with E-state index in [1.54, 1.807) is 42.5 Å². The molecule has 0 saturated heterocycles. The zero-order chi connectivity index (χ0) is 23.8. The molecule has 5 nitrogen and oxygen atoms in total. The Bertz CT molecular complexity index is 1220. The summed E-state index contributed by atoms with van der Waals surface area (Å²) >= 11 is 12.9. The lowest BCUT2D eigenvalue weighted by molar-refractivity contribution is -0.112. The van der Waals surface area contributed by atoms with E-state index < -0.39 is 5.91 Å². The number of nitrogens with one attached hydrogen (secondary N) is 1. The molecule has 0 aromatic heterocycles. The van der Waals surface area contributed by atoms with Gasteiger partial charge < -0.3 is 14.8 Å². The molecule has 0 fully saturated rings. The molecular formula is C25H19Br2ClN2O3. The number of nitrogens with zero attached hydrogens (tertiary/aromatic N) is 1. The molecule has 0 unspecified atom stereocenters. The van der Waals surface area contributed by atoms with Gasteiger partial charge in [0.05, 0.1) is 11.1 Å². The molecule has 0 aliphatic heterocycles.